The molecular formula is C10H9ClN2O5. The van der Waals surface area contributed by atoms with Gasteiger partial charge >= 0.3 is 0 Å². The van der Waals surface area contributed by atoms with Crippen molar-refractivity contribution in [2.45, 2.75) is 12.7 Å². The molecule has 0 aromatic heterocycles. The quantitative estimate of drug-likeness (QED) is 0.660. The normalized spacial score (nSPS) is 17.9. The smallest absolute Gasteiger partial charge is 0.292 e. The third kappa shape index (κ3) is 2.36. The largest absolute Gasteiger partial charge is 0.463 e. The standard InChI is InChI=1S/C10H9ClN2O5/c11-9-6(13(15)16)3-5(10(12)14)4-7(9)18-8-1-2-17-8/h3-4,8H,1-2H2,(H2,12,14). The fourth-order valence-electron chi connectivity index (χ4n) is 1.39. The minimum absolute atomic E-state index is 0.0179. The van der Waals surface area contributed by atoms with Crippen molar-refractivity contribution < 1.29 is 19.2 Å². The molecule has 7 nitrogen and oxygen atoms in total. The van der Waals surface area contributed by atoms with E-state index in [-0.39, 0.29) is 16.3 Å². The van der Waals surface area contributed by atoms with E-state index in [0.29, 0.717) is 13.0 Å². The number of nitrogens with zero attached hydrogens (tertiary/aromatic N) is 1. The summed E-state index contributed by atoms with van der Waals surface area (Å²) in [6.07, 6.45) is 0.163. The Labute approximate surface area is 107 Å². The highest BCUT2D eigenvalue weighted by molar-refractivity contribution is 6.34. The lowest BCUT2D eigenvalue weighted by molar-refractivity contribution is -0.384. The van der Waals surface area contributed by atoms with E-state index >= 15 is 0 Å². The first-order valence-electron chi connectivity index (χ1n) is 5.05. The Morgan fingerprint density at radius 3 is 2.72 bits per heavy atom. The van der Waals surface area contributed by atoms with Gasteiger partial charge in [0.1, 0.15) is 5.75 Å². The lowest BCUT2D eigenvalue weighted by Crippen LogP contribution is -2.32. The van der Waals surface area contributed by atoms with Gasteiger partial charge < -0.3 is 15.2 Å². The van der Waals surface area contributed by atoms with E-state index in [1.54, 1.807) is 0 Å². The number of amides is 1. The number of carbonyl (C=O) groups is 1. The molecule has 0 aliphatic carbocycles. The van der Waals surface area contributed by atoms with Crippen molar-refractivity contribution in [2.24, 2.45) is 5.73 Å². The van der Waals surface area contributed by atoms with Gasteiger partial charge in [-0.15, -0.1) is 0 Å². The lowest BCUT2D eigenvalue weighted by atomic mass is 10.1. The van der Waals surface area contributed by atoms with Crippen LogP contribution in [0.3, 0.4) is 0 Å². The van der Waals surface area contributed by atoms with Crippen LogP contribution in [-0.2, 0) is 4.74 Å². The average Bonchev–Trinajstić information content (AvgIpc) is 2.24. The highest BCUT2D eigenvalue weighted by Crippen LogP contribution is 2.36. The van der Waals surface area contributed by atoms with Crippen LogP contribution in [0.4, 0.5) is 5.69 Å². The third-order valence-electron chi connectivity index (χ3n) is 2.42. The summed E-state index contributed by atoms with van der Waals surface area (Å²) in [6, 6.07) is 2.28. The SMILES string of the molecule is NC(=O)c1cc(OC2CCO2)c(Cl)c([N+](=O)[O-])c1. The molecule has 1 aromatic carbocycles. The molecule has 0 bridgehead atoms. The van der Waals surface area contributed by atoms with E-state index in [0.717, 1.165) is 6.07 Å². The number of nitro groups is 1. The van der Waals surface area contributed by atoms with Crippen LogP contribution in [0, 0.1) is 10.1 Å². The molecule has 0 radical (unpaired) electrons. The van der Waals surface area contributed by atoms with Gasteiger partial charge in [0.15, 0.2) is 5.02 Å². The second-order valence-corrected chi connectivity index (χ2v) is 4.01. The van der Waals surface area contributed by atoms with Crippen LogP contribution in [0.2, 0.25) is 5.02 Å². The molecular weight excluding hydrogens is 264 g/mol. The Hall–Kier alpha value is -1.86. The van der Waals surface area contributed by atoms with Crippen molar-refractivity contribution in [1.29, 1.82) is 0 Å². The molecule has 18 heavy (non-hydrogen) atoms. The minimum atomic E-state index is -0.797. The van der Waals surface area contributed by atoms with Gasteiger partial charge in [0, 0.05) is 18.1 Å². The van der Waals surface area contributed by atoms with Crippen molar-refractivity contribution in [3.05, 3.63) is 32.8 Å². The molecule has 1 saturated heterocycles. The summed E-state index contributed by atoms with van der Waals surface area (Å²) in [7, 11) is 0. The average molecular weight is 273 g/mol. The van der Waals surface area contributed by atoms with Crippen LogP contribution in [0.5, 0.6) is 5.75 Å². The number of rotatable bonds is 4. The second-order valence-electron chi connectivity index (χ2n) is 3.64. The fourth-order valence-corrected chi connectivity index (χ4v) is 1.62. The Balaban J connectivity index is 2.41. The summed E-state index contributed by atoms with van der Waals surface area (Å²) >= 11 is 5.83. The Bertz CT molecular complexity index is 515. The van der Waals surface area contributed by atoms with Gasteiger partial charge in [0.2, 0.25) is 12.2 Å². The zero-order valence-electron chi connectivity index (χ0n) is 9.09. The van der Waals surface area contributed by atoms with Gasteiger partial charge in [-0.05, 0) is 6.07 Å². The number of hydrogen-bond donors (Lipinski definition) is 1. The van der Waals surface area contributed by atoms with Crippen molar-refractivity contribution >= 4 is 23.2 Å². The fraction of sp³-hybridized carbons (Fsp3) is 0.300. The number of nitrogens with two attached hydrogens (primary N) is 1. The van der Waals surface area contributed by atoms with Crippen LogP contribution >= 0.6 is 11.6 Å². The third-order valence-corrected chi connectivity index (χ3v) is 2.80. The number of hydrogen-bond acceptors (Lipinski definition) is 5. The maximum absolute atomic E-state index is 11.1. The molecule has 1 fully saturated rings. The first kappa shape index (κ1) is 12.6. The van der Waals surface area contributed by atoms with Crippen LogP contribution < -0.4 is 10.5 Å². The zero-order valence-corrected chi connectivity index (χ0v) is 9.85. The van der Waals surface area contributed by atoms with E-state index in [1.807, 2.05) is 0 Å². The van der Waals surface area contributed by atoms with Gasteiger partial charge in [-0.2, -0.15) is 0 Å². The van der Waals surface area contributed by atoms with E-state index in [2.05, 4.69) is 0 Å². The Morgan fingerprint density at radius 2 is 2.28 bits per heavy atom. The van der Waals surface area contributed by atoms with Crippen molar-refractivity contribution in [3.8, 4) is 5.75 Å². The Morgan fingerprint density at radius 1 is 1.61 bits per heavy atom. The van der Waals surface area contributed by atoms with E-state index in [9.17, 15) is 14.9 Å². The van der Waals surface area contributed by atoms with Crippen LogP contribution in [-0.4, -0.2) is 23.7 Å². The van der Waals surface area contributed by atoms with Crippen LogP contribution in [0.25, 0.3) is 0 Å². The van der Waals surface area contributed by atoms with Gasteiger partial charge in [-0.25, -0.2) is 0 Å². The molecule has 0 saturated carbocycles. The molecule has 1 aliphatic rings. The summed E-state index contributed by atoms with van der Waals surface area (Å²) < 4.78 is 10.3. The number of ether oxygens (including phenoxy) is 2. The minimum Gasteiger partial charge on any atom is -0.463 e. The summed E-state index contributed by atoms with van der Waals surface area (Å²) in [5.74, 6) is -0.779. The molecule has 2 rings (SSSR count). The highest BCUT2D eigenvalue weighted by Gasteiger charge is 2.26. The highest BCUT2D eigenvalue weighted by atomic mass is 35.5. The first-order valence-corrected chi connectivity index (χ1v) is 5.43. The van der Waals surface area contributed by atoms with Gasteiger partial charge in [-0.3, -0.25) is 14.9 Å². The number of nitro benzene ring substituents is 1. The number of carbonyl (C=O) groups excluding carboxylic acids is 1. The maximum atomic E-state index is 11.1. The molecule has 2 N–H and O–H groups in total. The molecule has 1 amide bonds. The molecule has 0 spiro atoms. The van der Waals surface area contributed by atoms with E-state index in [1.165, 1.54) is 6.07 Å². The summed E-state index contributed by atoms with van der Waals surface area (Å²) in [6.45, 7) is 0.555. The summed E-state index contributed by atoms with van der Waals surface area (Å²) in [5, 5.41) is 10.6. The van der Waals surface area contributed by atoms with Gasteiger partial charge in [-0.1, -0.05) is 11.6 Å². The Kier molecular flexibility index (Phi) is 3.35. The maximum Gasteiger partial charge on any atom is 0.292 e. The molecule has 1 aliphatic heterocycles. The zero-order chi connectivity index (χ0) is 13.3. The van der Waals surface area contributed by atoms with E-state index < -0.39 is 22.8 Å². The van der Waals surface area contributed by atoms with Crippen molar-refractivity contribution in [2.75, 3.05) is 6.61 Å². The second kappa shape index (κ2) is 4.79. The predicted molar refractivity (Wildman–Crippen MR) is 61.6 cm³/mol. The molecule has 8 heteroatoms. The topological polar surface area (TPSA) is 105 Å². The molecule has 1 unspecified atom stereocenters. The summed E-state index contributed by atoms with van der Waals surface area (Å²) in [5.41, 5.74) is 4.62. The van der Waals surface area contributed by atoms with E-state index in [4.69, 9.17) is 26.8 Å². The van der Waals surface area contributed by atoms with Crippen LogP contribution in [0.1, 0.15) is 16.8 Å². The molecule has 1 atom stereocenters. The lowest BCUT2D eigenvalue weighted by Gasteiger charge is -2.27. The summed E-state index contributed by atoms with van der Waals surface area (Å²) in [4.78, 5) is 21.2. The van der Waals surface area contributed by atoms with Crippen molar-refractivity contribution in [3.63, 3.8) is 0 Å². The number of halogens is 1. The van der Waals surface area contributed by atoms with Gasteiger partial charge in [0.25, 0.3) is 5.69 Å². The first-order chi connectivity index (χ1) is 8.49. The monoisotopic (exact) mass is 272 g/mol. The molecule has 1 aromatic rings. The molecule has 1 heterocycles. The van der Waals surface area contributed by atoms with Gasteiger partial charge in [0.05, 0.1) is 11.5 Å². The number of primary amides is 1. The predicted octanol–water partition coefficient (Wildman–Crippen LogP) is 1.47. The number of benzene rings is 1. The van der Waals surface area contributed by atoms with Crippen molar-refractivity contribution in [1.82, 2.24) is 0 Å². The molecule has 96 valence electrons. The van der Waals surface area contributed by atoms with Crippen LogP contribution in [0.15, 0.2) is 12.1 Å².